The molecule has 1 aliphatic rings. The molecular formula is C3H2Cl2N2OS. The number of halogens is 2. The van der Waals surface area contributed by atoms with Crippen LogP contribution in [0.4, 0.5) is 0 Å². The average Bonchev–Trinajstić information content (AvgIpc) is 1.59. The molecule has 3 nitrogen and oxygen atoms in total. The smallest absolute Gasteiger partial charge is 0.222 e. The van der Waals surface area contributed by atoms with E-state index in [9.17, 15) is 4.55 Å². The summed E-state index contributed by atoms with van der Waals surface area (Å²) < 4.78 is 16.2. The second-order valence-electron chi connectivity index (χ2n) is 1.26. The lowest BCUT2D eigenvalue weighted by atomic mass is 10.7. The second kappa shape index (κ2) is 2.79. The number of rotatable bonds is 0. The Kier molecular flexibility index (Phi) is 2.23. The molecule has 1 heterocycles. The molecule has 0 radical (unpaired) electrons. The predicted molar refractivity (Wildman–Crippen MR) is 38.5 cm³/mol. The van der Waals surface area contributed by atoms with Crippen molar-refractivity contribution in [1.82, 2.24) is 4.72 Å². The summed E-state index contributed by atoms with van der Waals surface area (Å²) >= 11 is 9.27. The molecule has 0 spiro atoms. The van der Waals surface area contributed by atoms with Crippen molar-refractivity contribution in [3.05, 3.63) is 11.2 Å². The summed E-state index contributed by atoms with van der Waals surface area (Å²) in [7, 11) is 0. The van der Waals surface area contributed by atoms with Crippen LogP contribution in [0.3, 0.4) is 0 Å². The van der Waals surface area contributed by atoms with Gasteiger partial charge in [0.25, 0.3) is 0 Å². The van der Waals surface area contributed by atoms with Gasteiger partial charge in [-0.25, -0.2) is 0 Å². The molecule has 6 heteroatoms. The van der Waals surface area contributed by atoms with Crippen LogP contribution in [0.15, 0.2) is 15.6 Å². The highest BCUT2D eigenvalue weighted by atomic mass is 35.5. The first-order chi connectivity index (χ1) is 4.18. The minimum Gasteiger partial charge on any atom is -0.566 e. The fourth-order valence-corrected chi connectivity index (χ4v) is 1.48. The predicted octanol–water partition coefficient (Wildman–Crippen LogP) is 0.886. The van der Waals surface area contributed by atoms with E-state index >= 15 is 0 Å². The first-order valence-corrected chi connectivity index (χ1v) is 3.84. The minimum atomic E-state index is -1.49. The van der Waals surface area contributed by atoms with Crippen LogP contribution < -0.4 is 4.72 Å². The van der Waals surface area contributed by atoms with Crippen molar-refractivity contribution in [2.24, 2.45) is 4.40 Å². The topological polar surface area (TPSA) is 47.5 Å². The molecule has 0 aliphatic carbocycles. The first-order valence-electron chi connectivity index (χ1n) is 1.98. The summed E-state index contributed by atoms with van der Waals surface area (Å²) in [5.74, 6) is 0. The first kappa shape index (κ1) is 7.21. The van der Waals surface area contributed by atoms with Gasteiger partial charge >= 0.3 is 0 Å². The summed E-state index contributed by atoms with van der Waals surface area (Å²) in [6, 6.07) is 0. The summed E-state index contributed by atoms with van der Waals surface area (Å²) in [5.41, 5.74) is 0. The van der Waals surface area contributed by atoms with E-state index in [1.807, 2.05) is 0 Å². The van der Waals surface area contributed by atoms with Crippen molar-refractivity contribution in [2.75, 3.05) is 0 Å². The van der Waals surface area contributed by atoms with Gasteiger partial charge in [0, 0.05) is 6.08 Å². The van der Waals surface area contributed by atoms with Crippen LogP contribution in [0.2, 0.25) is 0 Å². The maximum atomic E-state index is 10.5. The van der Waals surface area contributed by atoms with Crippen molar-refractivity contribution in [1.29, 1.82) is 0 Å². The molecule has 0 bridgehead atoms. The monoisotopic (exact) mass is 184 g/mol. The van der Waals surface area contributed by atoms with E-state index in [0.29, 0.717) is 0 Å². The van der Waals surface area contributed by atoms with Gasteiger partial charge in [0.05, 0.1) is 0 Å². The van der Waals surface area contributed by atoms with E-state index in [-0.39, 0.29) is 10.3 Å². The SMILES string of the molecule is [O-][S+]1N=C(Cl)C=C(Cl)N1. The Bertz CT molecular complexity index is 181. The van der Waals surface area contributed by atoms with Crippen LogP contribution in [-0.4, -0.2) is 9.72 Å². The Morgan fingerprint density at radius 1 is 1.67 bits per heavy atom. The van der Waals surface area contributed by atoms with Crippen molar-refractivity contribution in [3.63, 3.8) is 0 Å². The largest absolute Gasteiger partial charge is 0.566 e. The molecule has 0 saturated carbocycles. The van der Waals surface area contributed by atoms with E-state index in [4.69, 9.17) is 23.2 Å². The Morgan fingerprint density at radius 2 is 2.33 bits per heavy atom. The van der Waals surface area contributed by atoms with Gasteiger partial charge in [-0.1, -0.05) is 23.2 Å². The summed E-state index contributed by atoms with van der Waals surface area (Å²) in [5, 5.41) is 0.394. The third-order valence-corrected chi connectivity index (χ3v) is 1.97. The lowest BCUT2D eigenvalue weighted by Crippen LogP contribution is -2.22. The van der Waals surface area contributed by atoms with E-state index in [0.717, 1.165) is 0 Å². The Balaban J connectivity index is 2.74. The van der Waals surface area contributed by atoms with Crippen molar-refractivity contribution < 1.29 is 4.55 Å². The lowest BCUT2D eigenvalue weighted by molar-refractivity contribution is 0.590. The van der Waals surface area contributed by atoms with Gasteiger partial charge in [-0.3, -0.25) is 0 Å². The molecule has 0 aromatic carbocycles. The third-order valence-electron chi connectivity index (χ3n) is 0.601. The Labute approximate surface area is 65.2 Å². The molecule has 0 aromatic heterocycles. The summed E-state index contributed by atoms with van der Waals surface area (Å²) in [4.78, 5) is 0. The lowest BCUT2D eigenvalue weighted by Gasteiger charge is -2.06. The zero-order chi connectivity index (χ0) is 6.85. The van der Waals surface area contributed by atoms with Crippen molar-refractivity contribution >= 4 is 39.9 Å². The highest BCUT2D eigenvalue weighted by Gasteiger charge is 2.13. The molecule has 1 aliphatic heterocycles. The van der Waals surface area contributed by atoms with E-state index < -0.39 is 11.5 Å². The molecule has 1 atom stereocenters. The second-order valence-corrected chi connectivity index (χ2v) is 2.94. The minimum absolute atomic E-state index is 0.150. The fourth-order valence-electron chi connectivity index (χ4n) is 0.346. The number of nitrogens with zero attached hydrogens (tertiary/aromatic N) is 1. The van der Waals surface area contributed by atoms with Crippen LogP contribution in [0.25, 0.3) is 0 Å². The van der Waals surface area contributed by atoms with Crippen LogP contribution >= 0.6 is 23.2 Å². The highest BCUT2D eigenvalue weighted by Crippen LogP contribution is 2.09. The van der Waals surface area contributed by atoms with Gasteiger partial charge in [0.1, 0.15) is 0 Å². The van der Waals surface area contributed by atoms with Crippen molar-refractivity contribution in [2.45, 2.75) is 0 Å². The molecule has 0 amide bonds. The van der Waals surface area contributed by atoms with Crippen LogP contribution in [0.1, 0.15) is 0 Å². The van der Waals surface area contributed by atoms with E-state index in [2.05, 4.69) is 9.12 Å². The molecule has 0 aromatic rings. The van der Waals surface area contributed by atoms with E-state index in [1.54, 1.807) is 0 Å². The molecule has 1 unspecified atom stereocenters. The average molecular weight is 185 g/mol. The molecule has 0 saturated heterocycles. The third kappa shape index (κ3) is 2.06. The van der Waals surface area contributed by atoms with Gasteiger partial charge in [0.2, 0.25) is 11.5 Å². The molecule has 0 fully saturated rings. The number of allylic oxidation sites excluding steroid dienone is 1. The molecule has 9 heavy (non-hydrogen) atoms. The number of hydrogen-bond donors (Lipinski definition) is 1. The number of hydrogen-bond acceptors (Lipinski definition) is 3. The van der Waals surface area contributed by atoms with Gasteiger partial charge in [-0.05, 0) is 4.40 Å². The molecule has 1 N–H and O–H groups in total. The van der Waals surface area contributed by atoms with Crippen LogP contribution in [0, 0.1) is 0 Å². The highest BCUT2D eigenvalue weighted by molar-refractivity contribution is 7.88. The van der Waals surface area contributed by atoms with E-state index in [1.165, 1.54) is 6.08 Å². The molecular weight excluding hydrogens is 183 g/mol. The van der Waals surface area contributed by atoms with Gasteiger partial charge in [0.15, 0.2) is 10.3 Å². The zero-order valence-electron chi connectivity index (χ0n) is 4.10. The van der Waals surface area contributed by atoms with Gasteiger partial charge in [-0.15, -0.1) is 0 Å². The van der Waals surface area contributed by atoms with Gasteiger partial charge < -0.3 is 4.55 Å². The quantitative estimate of drug-likeness (QED) is 0.449. The van der Waals surface area contributed by atoms with Crippen LogP contribution in [0.5, 0.6) is 0 Å². The summed E-state index contributed by atoms with van der Waals surface area (Å²) in [6.45, 7) is 0. The molecule has 1 rings (SSSR count). The normalized spacial score (nSPS) is 26.3. The standard InChI is InChI=1S/C3H2Cl2N2OS/c4-2-1-3(5)7-9(8)6-2/h1,6H. The Hall–Kier alpha value is 0.1000. The summed E-state index contributed by atoms with van der Waals surface area (Å²) in [6.07, 6.45) is 1.38. The molecule has 50 valence electrons. The van der Waals surface area contributed by atoms with Gasteiger partial charge in [-0.2, -0.15) is 4.72 Å². The van der Waals surface area contributed by atoms with Crippen LogP contribution in [-0.2, 0) is 11.5 Å². The Morgan fingerprint density at radius 3 is 2.78 bits per heavy atom. The number of nitrogens with one attached hydrogen (secondary N) is 1. The maximum Gasteiger partial charge on any atom is 0.222 e. The van der Waals surface area contributed by atoms with Crippen molar-refractivity contribution in [3.8, 4) is 0 Å². The zero-order valence-corrected chi connectivity index (χ0v) is 6.43. The maximum absolute atomic E-state index is 10.5. The fraction of sp³-hybridized carbons (Fsp3) is 0.